The number of likely N-dealkylation sites (N-methyl/N-ethyl adjacent to an activating group) is 1. The Bertz CT molecular complexity index is 462. The van der Waals surface area contributed by atoms with Crippen molar-refractivity contribution in [1.82, 2.24) is 10.2 Å². The van der Waals surface area contributed by atoms with Gasteiger partial charge in [-0.1, -0.05) is 43.2 Å². The first-order valence-electron chi connectivity index (χ1n) is 7.85. The molecule has 0 spiro atoms. The molecule has 0 saturated heterocycles. The molecule has 1 aromatic carbocycles. The Morgan fingerprint density at radius 1 is 1.26 bits per heavy atom. The molecule has 1 amide bonds. The molecule has 132 valence electrons. The minimum absolute atomic E-state index is 0. The molecule has 6 heteroatoms. The average Bonchev–Trinajstić information content (AvgIpc) is 3.02. The van der Waals surface area contributed by atoms with Gasteiger partial charge in [-0.25, -0.2) is 0 Å². The van der Waals surface area contributed by atoms with Crippen LogP contribution in [0.5, 0.6) is 0 Å². The van der Waals surface area contributed by atoms with E-state index in [1.54, 1.807) is 6.92 Å². The first kappa shape index (κ1) is 22.2. The minimum atomic E-state index is -0.979. The third-order valence-corrected chi connectivity index (χ3v) is 4.54. The molecule has 1 unspecified atom stereocenters. The summed E-state index contributed by atoms with van der Waals surface area (Å²) in [6.07, 6.45) is 5.22. The van der Waals surface area contributed by atoms with Crippen LogP contribution in [0.4, 0.5) is 0 Å². The van der Waals surface area contributed by atoms with Crippen LogP contribution in [0.25, 0.3) is 0 Å². The van der Waals surface area contributed by atoms with Crippen molar-refractivity contribution < 1.29 is 4.79 Å². The average molecular weight is 362 g/mol. The van der Waals surface area contributed by atoms with Gasteiger partial charge in [-0.2, -0.15) is 0 Å². The Kier molecular flexibility index (Phi) is 9.78. The van der Waals surface area contributed by atoms with Crippen LogP contribution in [-0.4, -0.2) is 37.0 Å². The maximum atomic E-state index is 12.3. The fraction of sp³-hybridized carbons (Fsp3) is 0.588. The molecule has 0 radical (unpaired) electrons. The molecule has 1 aromatic rings. The largest absolute Gasteiger partial charge is 0.353 e. The van der Waals surface area contributed by atoms with Gasteiger partial charge in [0.1, 0.15) is 5.54 Å². The van der Waals surface area contributed by atoms with Crippen LogP contribution in [0, 0.1) is 0 Å². The molecular formula is C17H29Cl2N3O. The van der Waals surface area contributed by atoms with Crippen LogP contribution in [0.3, 0.4) is 0 Å². The van der Waals surface area contributed by atoms with E-state index in [9.17, 15) is 4.79 Å². The summed E-state index contributed by atoms with van der Waals surface area (Å²) in [5.41, 5.74) is 6.06. The lowest BCUT2D eigenvalue weighted by Gasteiger charge is -2.27. The van der Waals surface area contributed by atoms with Gasteiger partial charge in [-0.15, -0.1) is 24.8 Å². The Labute approximate surface area is 152 Å². The van der Waals surface area contributed by atoms with Gasteiger partial charge in [0.2, 0.25) is 5.91 Å². The minimum Gasteiger partial charge on any atom is -0.353 e. The van der Waals surface area contributed by atoms with E-state index < -0.39 is 5.54 Å². The lowest BCUT2D eigenvalue weighted by Crippen LogP contribution is -2.50. The first-order valence-corrected chi connectivity index (χ1v) is 7.85. The molecule has 0 aliphatic heterocycles. The predicted molar refractivity (Wildman–Crippen MR) is 100 cm³/mol. The maximum absolute atomic E-state index is 12.3. The lowest BCUT2D eigenvalue weighted by molar-refractivity contribution is -0.126. The van der Waals surface area contributed by atoms with Gasteiger partial charge in [0.05, 0.1) is 0 Å². The van der Waals surface area contributed by atoms with Crippen molar-refractivity contribution >= 4 is 30.7 Å². The van der Waals surface area contributed by atoms with Gasteiger partial charge < -0.3 is 16.0 Å². The number of rotatable bonds is 6. The quantitative estimate of drug-likeness (QED) is 0.818. The second-order valence-electron chi connectivity index (χ2n) is 6.24. The Balaban J connectivity index is 0.00000242. The van der Waals surface area contributed by atoms with E-state index in [2.05, 4.69) is 17.3 Å². The summed E-state index contributed by atoms with van der Waals surface area (Å²) in [5, 5.41) is 2.97. The van der Waals surface area contributed by atoms with Crippen LogP contribution >= 0.6 is 24.8 Å². The number of hydrogen-bond acceptors (Lipinski definition) is 3. The zero-order chi connectivity index (χ0) is 15.3. The second kappa shape index (κ2) is 10.1. The predicted octanol–water partition coefficient (Wildman–Crippen LogP) is 2.69. The standard InChI is InChI=1S/C17H27N3O.2ClH/c1-17(18,14-8-4-3-5-9-14)16(21)19-12-13-20(2)15-10-6-7-11-15;;/h3-5,8-9,15H,6-7,10-13,18H2,1-2H3,(H,19,21);2*1H. The zero-order valence-electron chi connectivity index (χ0n) is 14.0. The van der Waals surface area contributed by atoms with Gasteiger partial charge >= 0.3 is 0 Å². The van der Waals surface area contributed by atoms with E-state index in [0.717, 1.165) is 12.1 Å². The molecule has 1 saturated carbocycles. The molecule has 1 atom stereocenters. The third-order valence-electron chi connectivity index (χ3n) is 4.54. The molecule has 23 heavy (non-hydrogen) atoms. The van der Waals surface area contributed by atoms with Crippen LogP contribution in [-0.2, 0) is 10.3 Å². The molecule has 0 bridgehead atoms. The van der Waals surface area contributed by atoms with Gasteiger partial charge in [0.15, 0.2) is 0 Å². The van der Waals surface area contributed by atoms with E-state index in [0.29, 0.717) is 12.6 Å². The summed E-state index contributed by atoms with van der Waals surface area (Å²) in [7, 11) is 2.14. The van der Waals surface area contributed by atoms with Crippen LogP contribution in [0.1, 0.15) is 38.2 Å². The maximum Gasteiger partial charge on any atom is 0.244 e. The number of hydrogen-bond donors (Lipinski definition) is 2. The van der Waals surface area contributed by atoms with E-state index in [1.165, 1.54) is 25.7 Å². The fourth-order valence-corrected chi connectivity index (χ4v) is 2.97. The molecule has 1 aliphatic carbocycles. The molecule has 4 nitrogen and oxygen atoms in total. The SMILES string of the molecule is CN(CCNC(=O)C(C)(N)c1ccccc1)C1CCCC1.Cl.Cl. The molecular weight excluding hydrogens is 333 g/mol. The van der Waals surface area contributed by atoms with Crippen molar-refractivity contribution in [3.63, 3.8) is 0 Å². The summed E-state index contributed by atoms with van der Waals surface area (Å²) in [5.74, 6) is -0.117. The van der Waals surface area contributed by atoms with Crippen LogP contribution in [0.2, 0.25) is 0 Å². The highest BCUT2D eigenvalue weighted by Crippen LogP contribution is 2.22. The Hall–Kier alpha value is -0.810. The molecule has 0 aromatic heterocycles. The molecule has 2 rings (SSSR count). The molecule has 1 aliphatic rings. The summed E-state index contributed by atoms with van der Waals surface area (Å²) >= 11 is 0. The summed E-state index contributed by atoms with van der Waals surface area (Å²) < 4.78 is 0. The van der Waals surface area contributed by atoms with Crippen LogP contribution < -0.4 is 11.1 Å². The van der Waals surface area contributed by atoms with E-state index >= 15 is 0 Å². The number of nitrogens with one attached hydrogen (secondary N) is 1. The highest BCUT2D eigenvalue weighted by molar-refractivity contribution is 5.87. The Morgan fingerprint density at radius 3 is 2.39 bits per heavy atom. The number of carbonyl (C=O) groups is 1. The van der Waals surface area contributed by atoms with Gasteiger partial charge in [-0.05, 0) is 32.4 Å². The number of benzene rings is 1. The van der Waals surface area contributed by atoms with Gasteiger partial charge in [0, 0.05) is 19.1 Å². The molecule has 1 fully saturated rings. The highest BCUT2D eigenvalue weighted by atomic mass is 35.5. The van der Waals surface area contributed by atoms with Crippen molar-refractivity contribution in [2.75, 3.05) is 20.1 Å². The smallest absolute Gasteiger partial charge is 0.244 e. The number of halogens is 2. The summed E-state index contributed by atoms with van der Waals surface area (Å²) in [6.45, 7) is 3.28. The highest BCUT2D eigenvalue weighted by Gasteiger charge is 2.30. The topological polar surface area (TPSA) is 58.4 Å². The summed E-state index contributed by atoms with van der Waals surface area (Å²) in [4.78, 5) is 14.7. The molecule has 3 N–H and O–H groups in total. The van der Waals surface area contributed by atoms with Crippen molar-refractivity contribution in [2.45, 2.75) is 44.2 Å². The number of amides is 1. The second-order valence-corrected chi connectivity index (χ2v) is 6.24. The van der Waals surface area contributed by atoms with Crippen molar-refractivity contribution in [3.05, 3.63) is 35.9 Å². The van der Waals surface area contributed by atoms with E-state index in [1.807, 2.05) is 30.3 Å². The van der Waals surface area contributed by atoms with Crippen LogP contribution in [0.15, 0.2) is 30.3 Å². The third kappa shape index (κ3) is 5.96. The van der Waals surface area contributed by atoms with E-state index in [-0.39, 0.29) is 30.7 Å². The van der Waals surface area contributed by atoms with Crippen molar-refractivity contribution in [1.29, 1.82) is 0 Å². The zero-order valence-corrected chi connectivity index (χ0v) is 15.6. The van der Waals surface area contributed by atoms with Gasteiger partial charge in [0.25, 0.3) is 0 Å². The fourth-order valence-electron chi connectivity index (χ4n) is 2.97. The monoisotopic (exact) mass is 361 g/mol. The number of nitrogens with two attached hydrogens (primary N) is 1. The van der Waals surface area contributed by atoms with E-state index in [4.69, 9.17) is 5.73 Å². The van der Waals surface area contributed by atoms with Gasteiger partial charge in [-0.3, -0.25) is 4.79 Å². The number of carbonyl (C=O) groups excluding carboxylic acids is 1. The Morgan fingerprint density at radius 2 is 1.83 bits per heavy atom. The lowest BCUT2D eigenvalue weighted by atomic mass is 9.92. The normalized spacial score (nSPS) is 17.0. The molecule has 0 heterocycles. The van der Waals surface area contributed by atoms with Crippen molar-refractivity contribution in [3.8, 4) is 0 Å². The number of nitrogens with zero attached hydrogens (tertiary/aromatic N) is 1. The first-order chi connectivity index (χ1) is 10.0. The van der Waals surface area contributed by atoms with Crippen molar-refractivity contribution in [2.24, 2.45) is 5.73 Å². The summed E-state index contributed by atoms with van der Waals surface area (Å²) in [6, 6.07) is 10.2.